The summed E-state index contributed by atoms with van der Waals surface area (Å²) >= 11 is 1.58. The van der Waals surface area contributed by atoms with Crippen molar-refractivity contribution in [1.82, 2.24) is 15.0 Å². The number of hydrogen-bond acceptors (Lipinski definition) is 10. The lowest BCUT2D eigenvalue weighted by Gasteiger charge is -2.10. The Kier molecular flexibility index (Phi) is 9.45. The highest BCUT2D eigenvalue weighted by atomic mass is 32.1. The highest BCUT2D eigenvalue weighted by Gasteiger charge is 2.09. The first-order valence-corrected chi connectivity index (χ1v) is 10.9. The van der Waals surface area contributed by atoms with E-state index in [-0.39, 0.29) is 0 Å². The summed E-state index contributed by atoms with van der Waals surface area (Å²) in [4.78, 5) is 14.6. The highest BCUT2D eigenvalue weighted by molar-refractivity contribution is 7.13. The maximum atomic E-state index is 5.54. The Bertz CT molecular complexity index is 893. The van der Waals surface area contributed by atoms with Gasteiger partial charge in [0.1, 0.15) is 5.75 Å². The number of methoxy groups -OCH3 is 1. The molecular formula is C21H28N6O3S. The molecule has 2 heterocycles. The summed E-state index contributed by atoms with van der Waals surface area (Å²) in [5, 5.41) is 8.48. The summed E-state index contributed by atoms with van der Waals surface area (Å²) in [5.74, 6) is 2.45. The summed E-state index contributed by atoms with van der Waals surface area (Å²) in [6, 6.07) is 11.8. The third kappa shape index (κ3) is 7.76. The Hall–Kier alpha value is -2.79. The fourth-order valence-corrected chi connectivity index (χ4v) is 3.27. The first kappa shape index (κ1) is 22.9. The first-order valence-electron chi connectivity index (χ1n) is 10.0. The molecule has 0 unspecified atom stereocenters. The van der Waals surface area contributed by atoms with Crippen molar-refractivity contribution >= 4 is 23.2 Å². The third-order valence-electron chi connectivity index (χ3n) is 4.15. The van der Waals surface area contributed by atoms with Gasteiger partial charge in [-0.1, -0.05) is 18.2 Å². The molecule has 166 valence electrons. The molecule has 31 heavy (non-hydrogen) atoms. The van der Waals surface area contributed by atoms with Crippen molar-refractivity contribution in [3.8, 4) is 16.5 Å². The molecule has 9 nitrogen and oxygen atoms in total. The average Bonchev–Trinajstić information content (AvgIpc) is 3.35. The van der Waals surface area contributed by atoms with Gasteiger partial charge in [-0.05, 0) is 29.1 Å². The van der Waals surface area contributed by atoms with Gasteiger partial charge in [0, 0.05) is 19.6 Å². The Balaban J connectivity index is 1.57. The van der Waals surface area contributed by atoms with E-state index >= 15 is 0 Å². The van der Waals surface area contributed by atoms with E-state index in [0.29, 0.717) is 63.8 Å². The van der Waals surface area contributed by atoms with E-state index in [2.05, 4.69) is 25.6 Å². The predicted octanol–water partition coefficient (Wildman–Crippen LogP) is 2.62. The second-order valence-electron chi connectivity index (χ2n) is 6.43. The predicted molar refractivity (Wildman–Crippen MR) is 123 cm³/mol. The molecule has 0 aliphatic carbocycles. The van der Waals surface area contributed by atoms with Crippen molar-refractivity contribution in [2.45, 2.75) is 6.54 Å². The largest absolute Gasteiger partial charge is 0.497 e. The Labute approximate surface area is 186 Å². The number of nitrogens with zero attached hydrogens (tertiary/aromatic N) is 3. The van der Waals surface area contributed by atoms with Crippen LogP contribution in [-0.2, 0) is 16.0 Å². The third-order valence-corrected chi connectivity index (χ3v) is 5.02. The van der Waals surface area contributed by atoms with Crippen LogP contribution >= 0.6 is 11.3 Å². The summed E-state index contributed by atoms with van der Waals surface area (Å²) in [6.45, 7) is 3.79. The van der Waals surface area contributed by atoms with Gasteiger partial charge in [-0.3, -0.25) is 0 Å². The highest BCUT2D eigenvalue weighted by Crippen LogP contribution is 2.23. The molecule has 0 amide bonds. The average molecular weight is 445 g/mol. The smallest absolute Gasteiger partial charge is 0.228 e. The van der Waals surface area contributed by atoms with E-state index in [0.717, 1.165) is 16.2 Å². The molecule has 2 aromatic heterocycles. The monoisotopic (exact) mass is 444 g/mol. The fraction of sp³-hybridized carbons (Fsp3) is 0.381. The molecule has 0 atom stereocenters. The van der Waals surface area contributed by atoms with Crippen molar-refractivity contribution in [3.63, 3.8) is 0 Å². The lowest BCUT2D eigenvalue weighted by Crippen LogP contribution is -2.16. The van der Waals surface area contributed by atoms with Gasteiger partial charge in [0.05, 0.1) is 38.4 Å². The molecule has 0 saturated heterocycles. The van der Waals surface area contributed by atoms with E-state index in [4.69, 9.17) is 19.9 Å². The maximum Gasteiger partial charge on any atom is 0.228 e. The topological polar surface area (TPSA) is 116 Å². The summed E-state index contributed by atoms with van der Waals surface area (Å²) in [7, 11) is 1.65. The van der Waals surface area contributed by atoms with Crippen LogP contribution in [0.25, 0.3) is 10.7 Å². The van der Waals surface area contributed by atoms with Gasteiger partial charge in [-0.25, -0.2) is 0 Å². The van der Waals surface area contributed by atoms with Gasteiger partial charge in [0.25, 0.3) is 0 Å². The molecule has 0 aliphatic rings. The fourth-order valence-electron chi connectivity index (χ4n) is 2.61. The number of aromatic nitrogens is 3. The molecular weight excluding hydrogens is 416 g/mol. The van der Waals surface area contributed by atoms with Crippen molar-refractivity contribution in [3.05, 3.63) is 47.3 Å². The number of hydrogen-bond donors (Lipinski definition) is 3. The zero-order valence-corrected chi connectivity index (χ0v) is 18.4. The summed E-state index contributed by atoms with van der Waals surface area (Å²) < 4.78 is 16.0. The van der Waals surface area contributed by atoms with Crippen LogP contribution in [0.2, 0.25) is 0 Å². The number of anilines is 2. The minimum absolute atomic E-state index is 0.499. The van der Waals surface area contributed by atoms with Gasteiger partial charge in [-0.15, -0.1) is 11.3 Å². The number of nitrogens with two attached hydrogens (primary N) is 1. The van der Waals surface area contributed by atoms with Crippen LogP contribution in [0.15, 0.2) is 41.8 Å². The SMILES string of the molecule is COc1ccc(CNc2nc(NCCOCCOCCN)nc(-c3cccs3)n2)cc1. The molecule has 3 aromatic rings. The minimum atomic E-state index is 0.499. The van der Waals surface area contributed by atoms with Crippen LogP contribution < -0.4 is 21.1 Å². The van der Waals surface area contributed by atoms with Crippen molar-refractivity contribution in [2.75, 3.05) is 57.3 Å². The quantitative estimate of drug-likeness (QED) is 0.323. The zero-order chi connectivity index (χ0) is 21.7. The molecule has 4 N–H and O–H groups in total. The van der Waals surface area contributed by atoms with Gasteiger partial charge in [0.2, 0.25) is 11.9 Å². The van der Waals surface area contributed by atoms with E-state index in [9.17, 15) is 0 Å². The number of nitrogens with one attached hydrogen (secondary N) is 2. The first-order chi connectivity index (χ1) is 15.3. The lowest BCUT2D eigenvalue weighted by atomic mass is 10.2. The van der Waals surface area contributed by atoms with Crippen LogP contribution in [0.1, 0.15) is 5.56 Å². The lowest BCUT2D eigenvalue weighted by molar-refractivity contribution is 0.0547. The Morgan fingerprint density at radius 2 is 1.65 bits per heavy atom. The number of benzene rings is 1. The Morgan fingerprint density at radius 3 is 2.32 bits per heavy atom. The number of rotatable bonds is 14. The van der Waals surface area contributed by atoms with Crippen LogP contribution in [0, 0.1) is 0 Å². The second-order valence-corrected chi connectivity index (χ2v) is 7.37. The molecule has 1 aromatic carbocycles. The van der Waals surface area contributed by atoms with Gasteiger partial charge in [-0.2, -0.15) is 15.0 Å². The van der Waals surface area contributed by atoms with E-state index < -0.39 is 0 Å². The van der Waals surface area contributed by atoms with E-state index in [1.54, 1.807) is 18.4 Å². The number of thiophene rings is 1. The number of ether oxygens (including phenoxy) is 3. The van der Waals surface area contributed by atoms with E-state index in [1.165, 1.54) is 0 Å². The molecule has 0 fully saturated rings. The zero-order valence-electron chi connectivity index (χ0n) is 17.5. The van der Waals surface area contributed by atoms with Gasteiger partial charge >= 0.3 is 0 Å². The van der Waals surface area contributed by atoms with Crippen LogP contribution in [0.3, 0.4) is 0 Å². The molecule has 10 heteroatoms. The minimum Gasteiger partial charge on any atom is -0.497 e. The summed E-state index contributed by atoms with van der Waals surface area (Å²) in [6.07, 6.45) is 0. The van der Waals surface area contributed by atoms with Crippen molar-refractivity contribution < 1.29 is 14.2 Å². The van der Waals surface area contributed by atoms with Crippen LogP contribution in [-0.4, -0.2) is 61.6 Å². The standard InChI is InChI=1S/C21H28N6O3S/c1-28-17-6-4-16(5-7-17)15-24-21-26-19(18-3-2-14-31-18)25-20(27-21)23-9-11-30-13-12-29-10-8-22/h2-7,14H,8-13,15,22H2,1H3,(H2,23,24,25,26,27). The van der Waals surface area contributed by atoms with Crippen molar-refractivity contribution in [1.29, 1.82) is 0 Å². The van der Waals surface area contributed by atoms with Gasteiger partial charge < -0.3 is 30.6 Å². The van der Waals surface area contributed by atoms with Crippen LogP contribution in [0.4, 0.5) is 11.9 Å². The Morgan fingerprint density at radius 1 is 0.903 bits per heavy atom. The maximum absolute atomic E-state index is 5.54. The molecule has 0 radical (unpaired) electrons. The van der Waals surface area contributed by atoms with Crippen LogP contribution in [0.5, 0.6) is 5.75 Å². The molecule has 3 rings (SSSR count). The molecule has 0 aliphatic heterocycles. The molecule has 0 bridgehead atoms. The summed E-state index contributed by atoms with van der Waals surface area (Å²) in [5.41, 5.74) is 6.47. The molecule has 0 spiro atoms. The second kappa shape index (κ2) is 12.8. The normalized spacial score (nSPS) is 10.8. The van der Waals surface area contributed by atoms with E-state index in [1.807, 2.05) is 41.8 Å². The van der Waals surface area contributed by atoms with Gasteiger partial charge in [0.15, 0.2) is 5.82 Å². The molecule has 0 saturated carbocycles. The van der Waals surface area contributed by atoms with Crippen molar-refractivity contribution in [2.24, 2.45) is 5.73 Å².